The summed E-state index contributed by atoms with van der Waals surface area (Å²) in [5.41, 5.74) is 0. The fourth-order valence-corrected chi connectivity index (χ4v) is 2.21. The first-order chi connectivity index (χ1) is 7.81. The minimum atomic E-state index is -0.195. The lowest BCUT2D eigenvalue weighted by Gasteiger charge is -2.28. The first-order valence-corrected chi connectivity index (χ1v) is 6.04. The van der Waals surface area contributed by atoms with E-state index in [-0.39, 0.29) is 6.10 Å². The molecule has 0 aromatic carbocycles. The van der Waals surface area contributed by atoms with Crippen molar-refractivity contribution in [2.24, 2.45) is 0 Å². The van der Waals surface area contributed by atoms with Crippen LogP contribution in [-0.4, -0.2) is 39.3 Å². The molecule has 1 saturated heterocycles. The second-order valence-electron chi connectivity index (χ2n) is 4.85. The fraction of sp³-hybridized carbons (Fsp3) is 0.818. The molecule has 0 amide bonds. The number of likely N-dealkylation sites (tertiary alicyclic amines) is 1. The van der Waals surface area contributed by atoms with Crippen molar-refractivity contribution in [1.29, 1.82) is 0 Å². The normalized spacial score (nSPS) is 27.2. The predicted octanol–water partition coefficient (Wildman–Crippen LogP) is 0.904. The molecule has 2 aliphatic rings. The van der Waals surface area contributed by atoms with E-state index in [9.17, 15) is 5.11 Å². The highest BCUT2D eigenvalue weighted by atomic mass is 16.5. The number of β-amino-alcohol motifs (C(OH)–C–C–N with tert-alkyl or cyclic N) is 1. The largest absolute Gasteiger partial charge is 0.392 e. The number of aliphatic hydroxyl groups excluding tert-OH is 1. The van der Waals surface area contributed by atoms with Crippen LogP contribution < -0.4 is 0 Å². The van der Waals surface area contributed by atoms with Crippen LogP contribution in [0.3, 0.4) is 0 Å². The second-order valence-corrected chi connectivity index (χ2v) is 4.85. The van der Waals surface area contributed by atoms with Crippen molar-refractivity contribution in [2.45, 2.75) is 44.2 Å². The van der Waals surface area contributed by atoms with E-state index in [0.717, 1.165) is 31.8 Å². The van der Waals surface area contributed by atoms with Gasteiger partial charge in [-0.1, -0.05) is 5.16 Å². The van der Waals surface area contributed by atoms with Gasteiger partial charge in [0.05, 0.1) is 12.6 Å². The van der Waals surface area contributed by atoms with E-state index in [0.29, 0.717) is 18.4 Å². The minimum Gasteiger partial charge on any atom is -0.392 e. The van der Waals surface area contributed by atoms with Crippen molar-refractivity contribution in [3.8, 4) is 0 Å². The van der Waals surface area contributed by atoms with Gasteiger partial charge in [0.1, 0.15) is 0 Å². The molecule has 88 valence electrons. The van der Waals surface area contributed by atoms with Crippen LogP contribution in [0.1, 0.15) is 43.3 Å². The molecule has 0 bridgehead atoms. The van der Waals surface area contributed by atoms with Gasteiger partial charge in [-0.15, -0.1) is 0 Å². The highest BCUT2D eigenvalue weighted by Crippen LogP contribution is 2.38. The zero-order valence-electron chi connectivity index (χ0n) is 9.30. The summed E-state index contributed by atoms with van der Waals surface area (Å²) in [5.74, 6) is 2.10. The minimum absolute atomic E-state index is 0.195. The van der Waals surface area contributed by atoms with E-state index < -0.39 is 0 Å². The number of piperidine rings is 1. The summed E-state index contributed by atoms with van der Waals surface area (Å²) in [6.45, 7) is 2.41. The van der Waals surface area contributed by atoms with Gasteiger partial charge < -0.3 is 9.63 Å². The Labute approximate surface area is 94.4 Å². The molecule has 0 radical (unpaired) electrons. The molecular formula is C11H17N3O2. The Morgan fingerprint density at radius 3 is 3.00 bits per heavy atom. The van der Waals surface area contributed by atoms with Crippen LogP contribution in [0, 0.1) is 0 Å². The van der Waals surface area contributed by atoms with Gasteiger partial charge in [-0.05, 0) is 32.2 Å². The molecule has 1 saturated carbocycles. The summed E-state index contributed by atoms with van der Waals surface area (Å²) in [4.78, 5) is 6.57. The molecule has 0 unspecified atom stereocenters. The van der Waals surface area contributed by atoms with Gasteiger partial charge in [0.15, 0.2) is 5.82 Å². The first kappa shape index (κ1) is 10.2. The van der Waals surface area contributed by atoms with Crippen LogP contribution in [-0.2, 0) is 6.54 Å². The molecule has 3 rings (SSSR count). The molecular weight excluding hydrogens is 206 g/mol. The summed E-state index contributed by atoms with van der Waals surface area (Å²) in [7, 11) is 0. The summed E-state index contributed by atoms with van der Waals surface area (Å²) in [5, 5.41) is 13.5. The van der Waals surface area contributed by atoms with Crippen molar-refractivity contribution < 1.29 is 9.63 Å². The molecule has 5 nitrogen and oxygen atoms in total. The SMILES string of the molecule is O[C@H]1CCCN(Cc2nc(C3CC3)no2)C1. The van der Waals surface area contributed by atoms with Gasteiger partial charge in [-0.3, -0.25) is 4.90 Å². The number of rotatable bonds is 3. The van der Waals surface area contributed by atoms with Crippen LogP contribution in [0.15, 0.2) is 4.52 Å². The average molecular weight is 223 g/mol. The molecule has 1 aromatic heterocycles. The Morgan fingerprint density at radius 2 is 2.25 bits per heavy atom. The van der Waals surface area contributed by atoms with Crippen molar-refractivity contribution in [3.05, 3.63) is 11.7 Å². The topological polar surface area (TPSA) is 62.4 Å². The van der Waals surface area contributed by atoms with E-state index in [1.165, 1.54) is 12.8 Å². The van der Waals surface area contributed by atoms with E-state index in [4.69, 9.17) is 4.52 Å². The molecule has 1 aromatic rings. The molecule has 5 heteroatoms. The lowest BCUT2D eigenvalue weighted by Crippen LogP contribution is -2.37. The molecule has 1 N–H and O–H groups in total. The van der Waals surface area contributed by atoms with Gasteiger partial charge in [0.25, 0.3) is 0 Å². The van der Waals surface area contributed by atoms with Crippen LogP contribution in [0.5, 0.6) is 0 Å². The summed E-state index contributed by atoms with van der Waals surface area (Å²) in [6.07, 6.45) is 4.15. The molecule has 1 atom stereocenters. The van der Waals surface area contributed by atoms with Crippen molar-refractivity contribution in [1.82, 2.24) is 15.0 Å². The zero-order chi connectivity index (χ0) is 11.0. The maximum Gasteiger partial charge on any atom is 0.240 e. The van der Waals surface area contributed by atoms with Gasteiger partial charge in [0.2, 0.25) is 5.89 Å². The molecule has 0 spiro atoms. The van der Waals surface area contributed by atoms with Crippen LogP contribution >= 0.6 is 0 Å². The number of hydrogen-bond donors (Lipinski definition) is 1. The maximum atomic E-state index is 9.55. The second kappa shape index (κ2) is 4.14. The zero-order valence-corrected chi connectivity index (χ0v) is 9.30. The standard InChI is InChI=1S/C11H17N3O2/c15-9-2-1-5-14(6-9)7-10-12-11(13-16-10)8-3-4-8/h8-9,15H,1-7H2/t9-/m0/s1. The van der Waals surface area contributed by atoms with Crippen molar-refractivity contribution in [3.63, 3.8) is 0 Å². The highest BCUT2D eigenvalue weighted by Gasteiger charge is 2.29. The molecule has 16 heavy (non-hydrogen) atoms. The Hall–Kier alpha value is -0.940. The quantitative estimate of drug-likeness (QED) is 0.825. The Kier molecular flexibility index (Phi) is 2.65. The van der Waals surface area contributed by atoms with Gasteiger partial charge in [-0.25, -0.2) is 0 Å². The Balaban J connectivity index is 1.59. The fourth-order valence-electron chi connectivity index (χ4n) is 2.21. The number of aromatic nitrogens is 2. The van der Waals surface area contributed by atoms with Crippen LogP contribution in [0.4, 0.5) is 0 Å². The monoisotopic (exact) mass is 223 g/mol. The predicted molar refractivity (Wildman–Crippen MR) is 56.8 cm³/mol. The number of aliphatic hydroxyl groups is 1. The van der Waals surface area contributed by atoms with Gasteiger partial charge in [0, 0.05) is 12.5 Å². The Bertz CT molecular complexity index is 362. The van der Waals surface area contributed by atoms with Gasteiger partial charge in [-0.2, -0.15) is 4.98 Å². The summed E-state index contributed by atoms with van der Waals surface area (Å²) in [6, 6.07) is 0. The molecule has 1 aliphatic carbocycles. The van der Waals surface area contributed by atoms with Crippen molar-refractivity contribution >= 4 is 0 Å². The third kappa shape index (κ3) is 2.25. The van der Waals surface area contributed by atoms with Gasteiger partial charge >= 0.3 is 0 Å². The van der Waals surface area contributed by atoms with E-state index in [2.05, 4.69) is 15.0 Å². The van der Waals surface area contributed by atoms with Crippen LogP contribution in [0.25, 0.3) is 0 Å². The average Bonchev–Trinajstić information content (AvgIpc) is 3.01. The molecule has 2 heterocycles. The number of nitrogens with zero attached hydrogens (tertiary/aromatic N) is 3. The maximum absolute atomic E-state index is 9.55. The molecule has 1 aliphatic heterocycles. The summed E-state index contributed by atoms with van der Waals surface area (Å²) < 4.78 is 5.22. The third-order valence-electron chi connectivity index (χ3n) is 3.27. The van der Waals surface area contributed by atoms with Crippen LogP contribution in [0.2, 0.25) is 0 Å². The first-order valence-electron chi connectivity index (χ1n) is 6.04. The highest BCUT2D eigenvalue weighted by molar-refractivity contribution is 5.03. The summed E-state index contributed by atoms with van der Waals surface area (Å²) >= 11 is 0. The van der Waals surface area contributed by atoms with E-state index in [1.807, 2.05) is 0 Å². The lowest BCUT2D eigenvalue weighted by atomic mass is 10.1. The third-order valence-corrected chi connectivity index (χ3v) is 3.27. The lowest BCUT2D eigenvalue weighted by molar-refractivity contribution is 0.0613. The van der Waals surface area contributed by atoms with E-state index >= 15 is 0 Å². The van der Waals surface area contributed by atoms with Crippen molar-refractivity contribution in [2.75, 3.05) is 13.1 Å². The molecule has 2 fully saturated rings. The smallest absolute Gasteiger partial charge is 0.240 e. The number of hydrogen-bond acceptors (Lipinski definition) is 5. The Morgan fingerprint density at radius 1 is 1.38 bits per heavy atom. The van der Waals surface area contributed by atoms with E-state index in [1.54, 1.807) is 0 Å².